The van der Waals surface area contributed by atoms with E-state index in [0.29, 0.717) is 28.5 Å². The van der Waals surface area contributed by atoms with Gasteiger partial charge in [0.15, 0.2) is 0 Å². The van der Waals surface area contributed by atoms with Crippen molar-refractivity contribution >= 4 is 101 Å². The topological polar surface area (TPSA) is 378 Å². The van der Waals surface area contributed by atoms with Crippen LogP contribution < -0.4 is 43.0 Å². The molecule has 24 nitrogen and oxygen atoms in total. The summed E-state index contributed by atoms with van der Waals surface area (Å²) in [5, 5.41) is 46.7. The van der Waals surface area contributed by atoms with E-state index >= 15 is 0 Å². The lowest BCUT2D eigenvalue weighted by Gasteiger charge is -2.28. The first-order valence-corrected chi connectivity index (χ1v) is 25.0. The van der Waals surface area contributed by atoms with Crippen LogP contribution in [-0.4, -0.2) is 163 Å². The first-order chi connectivity index (χ1) is 35.1. The van der Waals surface area contributed by atoms with E-state index in [9.17, 15) is 68.1 Å². The maximum Gasteiger partial charge on any atom is 0.327 e. The van der Waals surface area contributed by atoms with E-state index in [4.69, 9.17) is 5.73 Å². The second kappa shape index (κ2) is 28.9. The maximum atomic E-state index is 14.5. The highest BCUT2D eigenvalue weighted by Crippen LogP contribution is 2.21. The number of hydrogen-bond donors (Lipinski definition) is 14. The van der Waals surface area contributed by atoms with E-state index < -0.39 is 139 Å². The van der Waals surface area contributed by atoms with Gasteiger partial charge in [0.1, 0.15) is 42.3 Å². The largest absolute Gasteiger partial charge is 0.481 e. The highest BCUT2D eigenvalue weighted by atomic mass is 32.1. The number of amides is 8. The summed E-state index contributed by atoms with van der Waals surface area (Å²) in [4.78, 5) is 149. The fourth-order valence-electron chi connectivity index (χ4n) is 8.08. The number of nitrogens with one attached hydrogen (secondary N) is 8. The Hall–Kier alpha value is -7.19. The smallest absolute Gasteiger partial charge is 0.327 e. The van der Waals surface area contributed by atoms with Crippen LogP contribution in [-0.2, 0) is 65.6 Å². The fraction of sp³-hybridized carbons (Fsp3) is 0.479. The number of fused-ring (bicyclic) bond motifs is 1. The molecule has 13 N–H and O–H groups in total. The summed E-state index contributed by atoms with van der Waals surface area (Å²) in [5.41, 5.74) is 7.58. The molecule has 0 radical (unpaired) electrons. The molecule has 0 bridgehead atoms. The molecule has 1 aliphatic rings. The Kier molecular flexibility index (Phi) is 23.2. The van der Waals surface area contributed by atoms with Crippen LogP contribution in [0.4, 0.5) is 0 Å². The molecule has 1 fully saturated rings. The Labute approximate surface area is 436 Å². The van der Waals surface area contributed by atoms with Crippen LogP contribution in [0.15, 0.2) is 60.8 Å². The zero-order valence-electron chi connectivity index (χ0n) is 40.7. The average Bonchev–Trinajstić information content (AvgIpc) is 4.02. The molecule has 1 aliphatic heterocycles. The number of benzene rings is 2. The Morgan fingerprint density at radius 3 is 1.86 bits per heavy atom. The predicted octanol–water partition coefficient (Wildman–Crippen LogP) is -1.37. The molecule has 0 spiro atoms. The van der Waals surface area contributed by atoms with Crippen molar-refractivity contribution in [3.05, 3.63) is 71.9 Å². The molecule has 402 valence electrons. The maximum absolute atomic E-state index is 14.5. The van der Waals surface area contributed by atoms with Crippen LogP contribution >= 0.6 is 25.3 Å². The first kappa shape index (κ1) is 59.4. The van der Waals surface area contributed by atoms with Crippen LogP contribution in [0.5, 0.6) is 0 Å². The Balaban J connectivity index is 1.58. The molecule has 1 aromatic heterocycles. The summed E-state index contributed by atoms with van der Waals surface area (Å²) in [6.45, 7) is 3.03. The van der Waals surface area contributed by atoms with Crippen LogP contribution in [0.1, 0.15) is 63.5 Å². The number of carbonyl (C=O) groups excluding carboxylic acids is 8. The van der Waals surface area contributed by atoms with Crippen LogP contribution in [0.2, 0.25) is 0 Å². The van der Waals surface area contributed by atoms with Crippen molar-refractivity contribution in [2.24, 2.45) is 11.7 Å². The van der Waals surface area contributed by atoms with Crippen molar-refractivity contribution in [1.29, 1.82) is 0 Å². The number of carboxylic acid groups (broad SMARTS) is 3. The Morgan fingerprint density at radius 1 is 0.689 bits per heavy atom. The van der Waals surface area contributed by atoms with Gasteiger partial charge in [-0.25, -0.2) is 4.79 Å². The minimum atomic E-state index is -1.95. The summed E-state index contributed by atoms with van der Waals surface area (Å²) in [6.07, 6.45) is -0.314. The Bertz CT molecular complexity index is 2510. The van der Waals surface area contributed by atoms with Crippen LogP contribution in [0.25, 0.3) is 10.9 Å². The van der Waals surface area contributed by atoms with Crippen molar-refractivity contribution in [2.45, 2.75) is 114 Å². The standard InChI is InChI=1S/C48H64N10O14S2/c1-25(2)17-32(42(65)54-33(18-26-9-4-3-5-10-26)43(66)57-36(24-74)48(71)72)53-44(67)34(19-27-21-50-30-12-7-6-11-28(27)30)55-45(68)35(20-40(62)63)56-41(64)31(14-15-39(60)61)52-38(59)22-51-46(69)37-13-8-16-58(37)47(70)29(49)23-73/h3-7,9-12,21,25,29,31-37,50,73-74H,8,13-20,22-24,49H2,1-2H3,(H,51,69)(H,52,59)(H,53,67)(H,54,65)(H,55,68)(H,56,64)(H,57,66)(H,60,61)(H,62,63)(H,71,72). The third kappa shape index (κ3) is 18.1. The number of carboxylic acids is 3. The molecule has 4 rings (SSSR count). The third-order valence-electron chi connectivity index (χ3n) is 11.9. The van der Waals surface area contributed by atoms with Gasteiger partial charge in [0.2, 0.25) is 47.3 Å². The van der Waals surface area contributed by atoms with E-state index in [0.717, 1.165) is 0 Å². The SMILES string of the molecule is CC(C)CC(NC(=O)C(Cc1c[nH]c2ccccc12)NC(=O)C(CC(=O)O)NC(=O)C(CCC(=O)O)NC(=O)CNC(=O)C1CCCN1C(=O)C(N)CS)C(=O)NC(Cc1ccccc1)C(=O)NC(CS)C(=O)O. The normalized spacial score (nSPS) is 16.0. The average molecular weight is 1070 g/mol. The van der Waals surface area contributed by atoms with E-state index in [1.807, 2.05) is 0 Å². The molecule has 74 heavy (non-hydrogen) atoms. The van der Waals surface area contributed by atoms with Gasteiger partial charge in [0.25, 0.3) is 0 Å². The summed E-state index contributed by atoms with van der Waals surface area (Å²) < 4.78 is 0. The Morgan fingerprint density at radius 2 is 1.26 bits per heavy atom. The number of likely N-dealkylation sites (tertiary alicyclic amines) is 1. The summed E-state index contributed by atoms with van der Waals surface area (Å²) >= 11 is 8.05. The number of aromatic amines is 1. The lowest BCUT2D eigenvalue weighted by Crippen LogP contribution is -2.60. The zero-order valence-corrected chi connectivity index (χ0v) is 42.5. The fourth-order valence-corrected chi connectivity index (χ4v) is 8.49. The first-order valence-electron chi connectivity index (χ1n) is 23.7. The molecular weight excluding hydrogens is 1000 g/mol. The molecule has 26 heteroatoms. The number of rotatable bonds is 29. The molecule has 0 aliphatic carbocycles. The molecule has 0 saturated carbocycles. The number of hydrogen-bond acceptors (Lipinski definition) is 14. The zero-order chi connectivity index (χ0) is 54.6. The molecule has 8 unspecified atom stereocenters. The molecule has 8 amide bonds. The lowest BCUT2D eigenvalue weighted by molar-refractivity contribution is -0.142. The number of nitrogens with zero attached hydrogens (tertiary/aromatic N) is 1. The van der Waals surface area contributed by atoms with Gasteiger partial charge >= 0.3 is 17.9 Å². The molecule has 1 saturated heterocycles. The summed E-state index contributed by atoms with van der Waals surface area (Å²) in [6, 6.07) is 4.26. The predicted molar refractivity (Wildman–Crippen MR) is 273 cm³/mol. The highest BCUT2D eigenvalue weighted by molar-refractivity contribution is 7.80. The van der Waals surface area contributed by atoms with Gasteiger partial charge in [-0.1, -0.05) is 62.4 Å². The number of nitrogens with two attached hydrogens (primary N) is 1. The van der Waals surface area contributed by atoms with Gasteiger partial charge in [-0.15, -0.1) is 0 Å². The van der Waals surface area contributed by atoms with E-state index in [-0.39, 0.29) is 49.7 Å². The van der Waals surface area contributed by atoms with E-state index in [1.165, 1.54) is 4.90 Å². The summed E-state index contributed by atoms with van der Waals surface area (Å²) in [5.74, 6) is -12.0. The van der Waals surface area contributed by atoms with Crippen molar-refractivity contribution in [3.8, 4) is 0 Å². The molecule has 8 atom stereocenters. The quantitative estimate of drug-likeness (QED) is 0.0357. The van der Waals surface area contributed by atoms with Gasteiger partial charge < -0.3 is 68.2 Å². The van der Waals surface area contributed by atoms with Gasteiger partial charge in [0, 0.05) is 54.4 Å². The lowest BCUT2D eigenvalue weighted by atomic mass is 9.99. The van der Waals surface area contributed by atoms with Crippen molar-refractivity contribution < 1.29 is 68.1 Å². The second-order valence-corrected chi connectivity index (χ2v) is 18.8. The monoisotopic (exact) mass is 1070 g/mol. The molecule has 3 aromatic rings. The van der Waals surface area contributed by atoms with Gasteiger partial charge in [-0.2, -0.15) is 25.3 Å². The minimum Gasteiger partial charge on any atom is -0.481 e. The van der Waals surface area contributed by atoms with E-state index in [2.05, 4.69) is 67.5 Å². The summed E-state index contributed by atoms with van der Waals surface area (Å²) in [7, 11) is 0. The van der Waals surface area contributed by atoms with Gasteiger partial charge in [-0.05, 0) is 48.8 Å². The van der Waals surface area contributed by atoms with Crippen molar-refractivity contribution in [1.82, 2.24) is 47.1 Å². The number of aromatic nitrogens is 1. The van der Waals surface area contributed by atoms with Crippen molar-refractivity contribution in [2.75, 3.05) is 24.6 Å². The molecule has 2 heterocycles. The second-order valence-electron chi connectivity index (χ2n) is 18.1. The number of H-pyrrole nitrogens is 1. The molecule has 2 aromatic carbocycles. The van der Waals surface area contributed by atoms with Crippen molar-refractivity contribution in [3.63, 3.8) is 0 Å². The molecular formula is C48H64N10O14S2. The number of aliphatic carboxylic acids is 3. The third-order valence-corrected chi connectivity index (χ3v) is 12.6. The number of thiol groups is 2. The van der Waals surface area contributed by atoms with Crippen LogP contribution in [0.3, 0.4) is 0 Å². The number of para-hydroxylation sites is 1. The van der Waals surface area contributed by atoms with E-state index in [1.54, 1.807) is 74.6 Å². The minimum absolute atomic E-state index is 0.00591. The van der Waals surface area contributed by atoms with Gasteiger partial charge in [0.05, 0.1) is 19.0 Å². The highest BCUT2D eigenvalue weighted by Gasteiger charge is 2.38. The number of carbonyl (C=O) groups is 11. The van der Waals surface area contributed by atoms with Crippen LogP contribution in [0, 0.1) is 5.92 Å². The van der Waals surface area contributed by atoms with Gasteiger partial charge in [-0.3, -0.25) is 47.9 Å².